The lowest BCUT2D eigenvalue weighted by molar-refractivity contribution is 0.0735. The van der Waals surface area contributed by atoms with Crippen LogP contribution in [-0.2, 0) is 13.0 Å². The fraction of sp³-hybridized carbons (Fsp3) is 0.353. The summed E-state index contributed by atoms with van der Waals surface area (Å²) in [5, 5.41) is 2.52. The molecule has 120 valence electrons. The SMILES string of the molecule is O=C(c1cc(Cl)c2c(c1)OCCCO2)N1CCc2sccc2C1. The molecule has 23 heavy (non-hydrogen) atoms. The van der Waals surface area contributed by atoms with Crippen LogP contribution in [0.15, 0.2) is 23.6 Å². The Kier molecular flexibility index (Phi) is 3.91. The van der Waals surface area contributed by atoms with Crippen LogP contribution in [0.4, 0.5) is 0 Å². The summed E-state index contributed by atoms with van der Waals surface area (Å²) in [7, 11) is 0. The summed E-state index contributed by atoms with van der Waals surface area (Å²) < 4.78 is 11.3. The molecule has 0 aliphatic carbocycles. The van der Waals surface area contributed by atoms with Crippen molar-refractivity contribution in [3.8, 4) is 11.5 Å². The second-order valence-electron chi connectivity index (χ2n) is 5.68. The molecule has 4 rings (SSSR count). The molecule has 0 atom stereocenters. The molecule has 0 saturated carbocycles. The zero-order chi connectivity index (χ0) is 15.8. The summed E-state index contributed by atoms with van der Waals surface area (Å²) in [4.78, 5) is 16.1. The second-order valence-corrected chi connectivity index (χ2v) is 7.09. The van der Waals surface area contributed by atoms with Gasteiger partial charge in [0.05, 0.1) is 18.2 Å². The lowest BCUT2D eigenvalue weighted by Gasteiger charge is -2.27. The molecule has 0 bridgehead atoms. The van der Waals surface area contributed by atoms with Gasteiger partial charge in [-0.05, 0) is 35.6 Å². The van der Waals surface area contributed by atoms with Crippen LogP contribution in [0.1, 0.15) is 27.2 Å². The Balaban J connectivity index is 1.62. The van der Waals surface area contributed by atoms with Crippen molar-refractivity contribution in [2.24, 2.45) is 0 Å². The van der Waals surface area contributed by atoms with Crippen molar-refractivity contribution in [2.75, 3.05) is 19.8 Å². The Bertz CT molecular complexity index is 758. The average Bonchev–Trinajstić information content (AvgIpc) is 2.89. The van der Waals surface area contributed by atoms with Crippen LogP contribution in [0, 0.1) is 0 Å². The number of hydrogen-bond acceptors (Lipinski definition) is 4. The number of carbonyl (C=O) groups excluding carboxylic acids is 1. The summed E-state index contributed by atoms with van der Waals surface area (Å²) in [5.41, 5.74) is 1.80. The molecule has 0 spiro atoms. The molecule has 2 aliphatic rings. The quantitative estimate of drug-likeness (QED) is 0.786. The summed E-state index contributed by atoms with van der Waals surface area (Å²) in [6, 6.07) is 5.53. The van der Waals surface area contributed by atoms with Gasteiger partial charge in [0.15, 0.2) is 11.5 Å². The highest BCUT2D eigenvalue weighted by Gasteiger charge is 2.25. The van der Waals surface area contributed by atoms with Crippen LogP contribution in [0.3, 0.4) is 0 Å². The summed E-state index contributed by atoms with van der Waals surface area (Å²) in [6.07, 6.45) is 1.72. The molecule has 2 aliphatic heterocycles. The normalized spacial score (nSPS) is 16.7. The molecule has 4 nitrogen and oxygen atoms in total. The molecule has 1 aromatic heterocycles. The Morgan fingerprint density at radius 3 is 3.04 bits per heavy atom. The first-order valence-corrected chi connectivity index (χ1v) is 8.92. The van der Waals surface area contributed by atoms with E-state index in [-0.39, 0.29) is 5.91 Å². The molecule has 1 amide bonds. The highest BCUT2D eigenvalue weighted by molar-refractivity contribution is 7.10. The van der Waals surface area contributed by atoms with Crippen LogP contribution < -0.4 is 9.47 Å². The standard InChI is InChI=1S/C17H16ClNO3S/c18-13-8-12(9-14-16(13)22-6-1-5-21-14)17(20)19-4-2-15-11(10-19)3-7-23-15/h3,7-9H,1-2,4-6,10H2. The predicted molar refractivity (Wildman–Crippen MR) is 89.8 cm³/mol. The van der Waals surface area contributed by atoms with Gasteiger partial charge in [0.1, 0.15) is 0 Å². The van der Waals surface area contributed by atoms with Gasteiger partial charge >= 0.3 is 0 Å². The Labute approximate surface area is 143 Å². The number of nitrogens with zero attached hydrogens (tertiary/aromatic N) is 1. The van der Waals surface area contributed by atoms with Crippen LogP contribution >= 0.6 is 22.9 Å². The third kappa shape index (κ3) is 2.79. The second kappa shape index (κ2) is 6.06. The van der Waals surface area contributed by atoms with Crippen LogP contribution in [0.25, 0.3) is 0 Å². The predicted octanol–water partition coefficient (Wildman–Crippen LogP) is 3.76. The third-order valence-corrected chi connectivity index (χ3v) is 5.45. The van der Waals surface area contributed by atoms with Gasteiger partial charge in [-0.3, -0.25) is 4.79 Å². The number of rotatable bonds is 1. The minimum atomic E-state index is -0.0144. The zero-order valence-corrected chi connectivity index (χ0v) is 14.1. The number of carbonyl (C=O) groups is 1. The van der Waals surface area contributed by atoms with Gasteiger partial charge in [-0.2, -0.15) is 0 Å². The molecule has 0 saturated heterocycles. The Morgan fingerprint density at radius 1 is 1.26 bits per heavy atom. The maximum absolute atomic E-state index is 12.8. The maximum atomic E-state index is 12.8. The van der Waals surface area contributed by atoms with Gasteiger partial charge in [0, 0.05) is 30.0 Å². The molecule has 0 unspecified atom stereocenters. The van der Waals surface area contributed by atoms with Crippen molar-refractivity contribution in [3.05, 3.63) is 44.6 Å². The van der Waals surface area contributed by atoms with E-state index in [1.807, 2.05) is 4.90 Å². The summed E-state index contributed by atoms with van der Waals surface area (Å²) in [5.74, 6) is 1.09. The van der Waals surface area contributed by atoms with Gasteiger partial charge in [0.25, 0.3) is 5.91 Å². The number of amides is 1. The topological polar surface area (TPSA) is 38.8 Å². The van der Waals surface area contributed by atoms with Gasteiger partial charge in [0.2, 0.25) is 0 Å². The molecule has 0 N–H and O–H groups in total. The van der Waals surface area contributed by atoms with Gasteiger partial charge in [-0.1, -0.05) is 11.6 Å². The van der Waals surface area contributed by atoms with E-state index in [0.29, 0.717) is 41.8 Å². The highest BCUT2D eigenvalue weighted by Crippen LogP contribution is 2.38. The molecule has 2 aromatic rings. The molecule has 3 heterocycles. The monoisotopic (exact) mass is 349 g/mol. The van der Waals surface area contributed by atoms with Crippen molar-refractivity contribution in [1.29, 1.82) is 0 Å². The van der Waals surface area contributed by atoms with E-state index in [4.69, 9.17) is 21.1 Å². The Hall–Kier alpha value is -1.72. The molecule has 6 heteroatoms. The van der Waals surface area contributed by atoms with Crippen molar-refractivity contribution in [3.63, 3.8) is 0 Å². The Morgan fingerprint density at radius 2 is 2.13 bits per heavy atom. The van der Waals surface area contributed by atoms with E-state index >= 15 is 0 Å². The van der Waals surface area contributed by atoms with E-state index in [0.717, 1.165) is 19.4 Å². The van der Waals surface area contributed by atoms with Crippen molar-refractivity contribution in [1.82, 2.24) is 4.90 Å². The van der Waals surface area contributed by atoms with Crippen LogP contribution in [-0.4, -0.2) is 30.6 Å². The van der Waals surface area contributed by atoms with Crippen LogP contribution in [0.2, 0.25) is 5.02 Å². The van der Waals surface area contributed by atoms with Gasteiger partial charge < -0.3 is 14.4 Å². The maximum Gasteiger partial charge on any atom is 0.254 e. The number of halogens is 1. The molecule has 0 radical (unpaired) electrons. The minimum Gasteiger partial charge on any atom is -0.489 e. The van der Waals surface area contributed by atoms with Crippen molar-refractivity contribution >= 4 is 28.8 Å². The zero-order valence-electron chi connectivity index (χ0n) is 12.5. The number of hydrogen-bond donors (Lipinski definition) is 0. The van der Waals surface area contributed by atoms with E-state index in [9.17, 15) is 4.79 Å². The molecular weight excluding hydrogens is 334 g/mol. The van der Waals surface area contributed by atoms with Gasteiger partial charge in [-0.25, -0.2) is 0 Å². The van der Waals surface area contributed by atoms with Crippen LogP contribution in [0.5, 0.6) is 11.5 Å². The lowest BCUT2D eigenvalue weighted by atomic mass is 10.1. The third-order valence-electron chi connectivity index (χ3n) is 4.14. The fourth-order valence-corrected chi connectivity index (χ4v) is 4.11. The number of benzene rings is 1. The highest BCUT2D eigenvalue weighted by atomic mass is 35.5. The molecular formula is C17H16ClNO3S. The van der Waals surface area contributed by atoms with E-state index in [1.54, 1.807) is 23.5 Å². The summed E-state index contributed by atoms with van der Waals surface area (Å²) in [6.45, 7) is 2.54. The fourth-order valence-electron chi connectivity index (χ4n) is 2.96. The lowest BCUT2D eigenvalue weighted by Crippen LogP contribution is -2.35. The largest absolute Gasteiger partial charge is 0.489 e. The first-order chi connectivity index (χ1) is 11.2. The molecule has 0 fully saturated rings. The smallest absolute Gasteiger partial charge is 0.254 e. The van der Waals surface area contributed by atoms with Crippen molar-refractivity contribution < 1.29 is 14.3 Å². The number of fused-ring (bicyclic) bond motifs is 2. The van der Waals surface area contributed by atoms with E-state index in [1.165, 1.54) is 10.4 Å². The first kappa shape index (κ1) is 14.8. The summed E-state index contributed by atoms with van der Waals surface area (Å²) >= 11 is 8.06. The molecule has 1 aromatic carbocycles. The number of thiophene rings is 1. The van der Waals surface area contributed by atoms with Crippen molar-refractivity contribution in [2.45, 2.75) is 19.4 Å². The average molecular weight is 350 g/mol. The van der Waals surface area contributed by atoms with E-state index in [2.05, 4.69) is 11.4 Å². The number of ether oxygens (including phenoxy) is 2. The van der Waals surface area contributed by atoms with Gasteiger partial charge in [-0.15, -0.1) is 11.3 Å². The van der Waals surface area contributed by atoms with E-state index < -0.39 is 0 Å². The minimum absolute atomic E-state index is 0.0144. The first-order valence-electron chi connectivity index (χ1n) is 7.66.